The van der Waals surface area contributed by atoms with Crippen LogP contribution < -0.4 is 4.90 Å². The van der Waals surface area contributed by atoms with Crippen LogP contribution in [0.15, 0.2) is 16.9 Å². The van der Waals surface area contributed by atoms with E-state index in [1.807, 2.05) is 4.90 Å². The number of anilines is 1. The van der Waals surface area contributed by atoms with Gasteiger partial charge in [0.25, 0.3) is 0 Å². The standard InChI is InChI=1S/C10H12BrN3O2/c1-16-9(15)2-7-5-14(6-7)10-12-3-8(11)4-13-10/h3-4,7H,2,5-6H2,1H3. The van der Waals surface area contributed by atoms with Crippen LogP contribution in [0.2, 0.25) is 0 Å². The number of carbonyl (C=O) groups is 1. The minimum atomic E-state index is -0.152. The molecule has 1 aromatic rings. The van der Waals surface area contributed by atoms with Gasteiger partial charge in [0.1, 0.15) is 0 Å². The smallest absolute Gasteiger partial charge is 0.305 e. The molecule has 16 heavy (non-hydrogen) atoms. The molecule has 1 aliphatic heterocycles. The number of nitrogens with zero attached hydrogens (tertiary/aromatic N) is 3. The van der Waals surface area contributed by atoms with Gasteiger partial charge < -0.3 is 9.64 Å². The summed E-state index contributed by atoms with van der Waals surface area (Å²) in [6, 6.07) is 0. The number of halogens is 1. The molecule has 0 unspecified atom stereocenters. The van der Waals surface area contributed by atoms with E-state index in [1.165, 1.54) is 7.11 Å². The van der Waals surface area contributed by atoms with Crippen molar-refractivity contribution in [3.63, 3.8) is 0 Å². The molecule has 2 rings (SSSR count). The summed E-state index contributed by atoms with van der Waals surface area (Å²) in [5.41, 5.74) is 0. The van der Waals surface area contributed by atoms with Crippen molar-refractivity contribution >= 4 is 27.8 Å². The molecule has 0 saturated carbocycles. The summed E-state index contributed by atoms with van der Waals surface area (Å²) in [6.07, 6.45) is 3.91. The Bertz CT molecular complexity index is 376. The van der Waals surface area contributed by atoms with E-state index in [0.29, 0.717) is 18.3 Å². The van der Waals surface area contributed by atoms with E-state index in [0.717, 1.165) is 17.6 Å². The Labute approximate surface area is 102 Å². The quantitative estimate of drug-likeness (QED) is 0.782. The van der Waals surface area contributed by atoms with Gasteiger partial charge in [-0.3, -0.25) is 4.79 Å². The monoisotopic (exact) mass is 285 g/mol. The molecular formula is C10H12BrN3O2. The predicted octanol–water partition coefficient (Wildman–Crippen LogP) is 1.24. The van der Waals surface area contributed by atoms with Gasteiger partial charge in [0, 0.05) is 31.4 Å². The lowest BCUT2D eigenvalue weighted by Gasteiger charge is -2.38. The fraction of sp³-hybridized carbons (Fsp3) is 0.500. The summed E-state index contributed by atoms with van der Waals surface area (Å²) in [5, 5.41) is 0. The Kier molecular flexibility index (Phi) is 3.38. The Hall–Kier alpha value is -1.17. The highest BCUT2D eigenvalue weighted by Gasteiger charge is 2.30. The van der Waals surface area contributed by atoms with Gasteiger partial charge >= 0.3 is 5.97 Å². The lowest BCUT2D eigenvalue weighted by Crippen LogP contribution is -2.48. The average Bonchev–Trinajstić information content (AvgIpc) is 2.24. The van der Waals surface area contributed by atoms with Gasteiger partial charge in [0.2, 0.25) is 5.95 Å². The van der Waals surface area contributed by atoms with E-state index < -0.39 is 0 Å². The number of rotatable bonds is 3. The second kappa shape index (κ2) is 4.78. The molecule has 0 aliphatic carbocycles. The van der Waals surface area contributed by atoms with Crippen molar-refractivity contribution in [3.8, 4) is 0 Å². The maximum atomic E-state index is 11.0. The highest BCUT2D eigenvalue weighted by molar-refractivity contribution is 9.10. The van der Waals surface area contributed by atoms with Crippen molar-refractivity contribution in [2.24, 2.45) is 5.92 Å². The number of ether oxygens (including phenoxy) is 1. The minimum absolute atomic E-state index is 0.152. The van der Waals surface area contributed by atoms with E-state index in [9.17, 15) is 4.79 Å². The summed E-state index contributed by atoms with van der Waals surface area (Å²) in [4.78, 5) is 21.4. The van der Waals surface area contributed by atoms with Gasteiger partial charge in [0.15, 0.2) is 0 Å². The van der Waals surface area contributed by atoms with Gasteiger partial charge in [-0.1, -0.05) is 0 Å². The second-order valence-corrected chi connectivity index (χ2v) is 4.67. The van der Waals surface area contributed by atoms with Crippen LogP contribution in [0.25, 0.3) is 0 Å². The van der Waals surface area contributed by atoms with Crippen molar-refractivity contribution in [3.05, 3.63) is 16.9 Å². The molecule has 2 heterocycles. The number of carbonyl (C=O) groups excluding carboxylic acids is 1. The van der Waals surface area contributed by atoms with Crippen LogP contribution in [-0.4, -0.2) is 36.1 Å². The molecule has 1 fully saturated rings. The first-order chi connectivity index (χ1) is 7.69. The minimum Gasteiger partial charge on any atom is -0.469 e. The van der Waals surface area contributed by atoms with E-state index in [-0.39, 0.29) is 5.97 Å². The van der Waals surface area contributed by atoms with E-state index in [4.69, 9.17) is 0 Å². The largest absolute Gasteiger partial charge is 0.469 e. The van der Waals surface area contributed by atoms with Gasteiger partial charge in [-0.15, -0.1) is 0 Å². The summed E-state index contributed by atoms with van der Waals surface area (Å²) in [6.45, 7) is 1.63. The van der Waals surface area contributed by atoms with Gasteiger partial charge in [0.05, 0.1) is 18.0 Å². The first kappa shape index (κ1) is 11.3. The van der Waals surface area contributed by atoms with E-state index in [1.54, 1.807) is 12.4 Å². The molecule has 1 aromatic heterocycles. The zero-order valence-corrected chi connectivity index (χ0v) is 10.5. The van der Waals surface area contributed by atoms with Crippen LogP contribution in [0.5, 0.6) is 0 Å². The first-order valence-corrected chi connectivity index (χ1v) is 5.77. The van der Waals surface area contributed by atoms with Gasteiger partial charge in [-0.05, 0) is 15.9 Å². The Morgan fingerprint density at radius 2 is 2.19 bits per heavy atom. The third-order valence-electron chi connectivity index (χ3n) is 2.53. The Morgan fingerprint density at radius 3 is 2.75 bits per heavy atom. The summed E-state index contributed by atoms with van der Waals surface area (Å²) in [7, 11) is 1.41. The molecule has 86 valence electrons. The van der Waals surface area contributed by atoms with Gasteiger partial charge in [-0.25, -0.2) is 9.97 Å². The van der Waals surface area contributed by atoms with Crippen LogP contribution >= 0.6 is 15.9 Å². The molecule has 0 atom stereocenters. The van der Waals surface area contributed by atoms with Crippen molar-refractivity contribution in [2.75, 3.05) is 25.1 Å². The van der Waals surface area contributed by atoms with Crippen LogP contribution in [0.4, 0.5) is 5.95 Å². The molecular weight excluding hydrogens is 274 g/mol. The SMILES string of the molecule is COC(=O)CC1CN(c2ncc(Br)cn2)C1. The summed E-state index contributed by atoms with van der Waals surface area (Å²) in [5.74, 6) is 0.922. The Balaban J connectivity index is 1.84. The molecule has 6 heteroatoms. The van der Waals surface area contributed by atoms with E-state index >= 15 is 0 Å². The fourth-order valence-electron chi connectivity index (χ4n) is 1.65. The molecule has 0 N–H and O–H groups in total. The maximum absolute atomic E-state index is 11.0. The Morgan fingerprint density at radius 1 is 1.56 bits per heavy atom. The van der Waals surface area contributed by atoms with Crippen molar-refractivity contribution in [1.82, 2.24) is 9.97 Å². The van der Waals surface area contributed by atoms with Crippen LogP contribution in [0.1, 0.15) is 6.42 Å². The highest BCUT2D eigenvalue weighted by atomic mass is 79.9. The number of hydrogen-bond donors (Lipinski definition) is 0. The molecule has 1 aliphatic rings. The highest BCUT2D eigenvalue weighted by Crippen LogP contribution is 2.23. The van der Waals surface area contributed by atoms with Crippen molar-refractivity contribution in [1.29, 1.82) is 0 Å². The van der Waals surface area contributed by atoms with Crippen LogP contribution in [-0.2, 0) is 9.53 Å². The van der Waals surface area contributed by atoms with Crippen molar-refractivity contribution in [2.45, 2.75) is 6.42 Å². The molecule has 0 bridgehead atoms. The third kappa shape index (κ3) is 2.49. The third-order valence-corrected chi connectivity index (χ3v) is 2.94. The lowest BCUT2D eigenvalue weighted by molar-refractivity contribution is -0.141. The first-order valence-electron chi connectivity index (χ1n) is 4.98. The molecule has 0 spiro atoms. The summed E-state index contributed by atoms with van der Waals surface area (Å²) < 4.78 is 5.48. The zero-order chi connectivity index (χ0) is 11.5. The predicted molar refractivity (Wildman–Crippen MR) is 62.1 cm³/mol. The molecule has 0 aromatic carbocycles. The summed E-state index contributed by atoms with van der Waals surface area (Å²) >= 11 is 3.28. The van der Waals surface area contributed by atoms with Gasteiger partial charge in [-0.2, -0.15) is 0 Å². The average molecular weight is 286 g/mol. The molecule has 1 saturated heterocycles. The van der Waals surface area contributed by atoms with E-state index in [2.05, 4.69) is 30.6 Å². The van der Waals surface area contributed by atoms with Crippen LogP contribution in [0.3, 0.4) is 0 Å². The molecule has 0 amide bonds. The normalized spacial score (nSPS) is 15.8. The van der Waals surface area contributed by atoms with Crippen LogP contribution in [0, 0.1) is 5.92 Å². The zero-order valence-electron chi connectivity index (χ0n) is 8.89. The molecule has 5 nitrogen and oxygen atoms in total. The maximum Gasteiger partial charge on any atom is 0.305 e. The number of esters is 1. The number of hydrogen-bond acceptors (Lipinski definition) is 5. The number of aromatic nitrogens is 2. The lowest BCUT2D eigenvalue weighted by atomic mass is 9.97. The molecule has 0 radical (unpaired) electrons. The number of methoxy groups -OCH3 is 1. The topological polar surface area (TPSA) is 55.3 Å². The fourth-order valence-corrected chi connectivity index (χ4v) is 1.85. The second-order valence-electron chi connectivity index (χ2n) is 3.75. The van der Waals surface area contributed by atoms with Crippen molar-refractivity contribution < 1.29 is 9.53 Å².